The van der Waals surface area contributed by atoms with Gasteiger partial charge in [0.15, 0.2) is 11.5 Å². The molecule has 1 fully saturated rings. The van der Waals surface area contributed by atoms with Gasteiger partial charge in [-0.3, -0.25) is 14.6 Å². The van der Waals surface area contributed by atoms with E-state index in [1.165, 1.54) is 11.8 Å². The lowest BCUT2D eigenvalue weighted by Gasteiger charge is -2.39. The van der Waals surface area contributed by atoms with Crippen LogP contribution in [-0.4, -0.2) is 53.0 Å². The summed E-state index contributed by atoms with van der Waals surface area (Å²) in [4.78, 5) is 34.3. The molecule has 4 rings (SSSR count). The van der Waals surface area contributed by atoms with Gasteiger partial charge in [-0.25, -0.2) is 4.98 Å². The maximum absolute atomic E-state index is 13.1. The minimum Gasteiger partial charge on any atom is -0.448 e. The molecule has 0 radical (unpaired) electrons. The second kappa shape index (κ2) is 10.2. The monoisotopic (exact) mass is 540 g/mol. The molecule has 1 aliphatic carbocycles. The number of amides is 1. The zero-order chi connectivity index (χ0) is 25.5. The second-order valence-electron chi connectivity index (χ2n) is 9.41. The Hall–Kier alpha value is -1.94. The van der Waals surface area contributed by atoms with Gasteiger partial charge in [-0.2, -0.15) is 0 Å². The lowest BCUT2D eigenvalue weighted by atomic mass is 9.81. The number of aromatic amines is 1. The Bertz CT molecular complexity index is 1200. The van der Waals surface area contributed by atoms with E-state index in [2.05, 4.69) is 34.3 Å². The fourth-order valence-electron chi connectivity index (χ4n) is 4.90. The Morgan fingerprint density at radius 2 is 1.91 bits per heavy atom. The SMILES string of the molecule is CSc1nc(Cl)[nH]c(=O)c1CNC(=O)c1cc(Cl)c2c(c1C)O[C@@](C)(C1CCC(N(C)C)CC1)O2. The van der Waals surface area contributed by atoms with Crippen molar-refractivity contribution in [1.82, 2.24) is 20.2 Å². The summed E-state index contributed by atoms with van der Waals surface area (Å²) in [6.07, 6.45) is 5.91. The van der Waals surface area contributed by atoms with E-state index in [4.69, 9.17) is 32.7 Å². The van der Waals surface area contributed by atoms with Crippen molar-refractivity contribution < 1.29 is 14.3 Å². The molecule has 35 heavy (non-hydrogen) atoms. The van der Waals surface area contributed by atoms with Gasteiger partial charge in [-0.1, -0.05) is 11.6 Å². The smallest absolute Gasteiger partial charge is 0.257 e. The number of halogens is 2. The van der Waals surface area contributed by atoms with Gasteiger partial charge >= 0.3 is 0 Å². The highest BCUT2D eigenvalue weighted by molar-refractivity contribution is 7.98. The molecule has 1 amide bonds. The average Bonchev–Trinajstić information content (AvgIpc) is 3.20. The summed E-state index contributed by atoms with van der Waals surface area (Å²) in [5, 5.41) is 3.57. The third kappa shape index (κ3) is 5.14. The summed E-state index contributed by atoms with van der Waals surface area (Å²) in [5.74, 6) is -0.0274. The van der Waals surface area contributed by atoms with Crippen LogP contribution in [0.4, 0.5) is 0 Å². The number of benzene rings is 1. The molecule has 2 heterocycles. The van der Waals surface area contributed by atoms with Crippen LogP contribution in [0.2, 0.25) is 10.3 Å². The van der Waals surface area contributed by atoms with E-state index >= 15 is 0 Å². The Morgan fingerprint density at radius 1 is 1.26 bits per heavy atom. The molecule has 1 saturated carbocycles. The van der Waals surface area contributed by atoms with E-state index in [0.717, 1.165) is 25.7 Å². The third-order valence-corrected chi connectivity index (χ3v) is 8.21. The molecule has 1 aromatic heterocycles. The fraction of sp³-hybridized carbons (Fsp3) is 0.542. The fourth-order valence-corrected chi connectivity index (χ4v) is 5.95. The first-order valence-corrected chi connectivity index (χ1v) is 13.5. The minimum atomic E-state index is -0.835. The van der Waals surface area contributed by atoms with Gasteiger partial charge in [-0.05, 0) is 70.6 Å². The highest BCUT2D eigenvalue weighted by Gasteiger charge is 2.47. The highest BCUT2D eigenvalue weighted by atomic mass is 35.5. The number of carbonyl (C=O) groups excluding carboxylic acids is 1. The van der Waals surface area contributed by atoms with E-state index in [1.807, 2.05) is 13.8 Å². The molecule has 1 aromatic carbocycles. The molecule has 190 valence electrons. The second-order valence-corrected chi connectivity index (χ2v) is 11.0. The molecule has 8 nitrogen and oxygen atoms in total. The van der Waals surface area contributed by atoms with Crippen LogP contribution in [0.1, 0.15) is 54.1 Å². The number of hydrogen-bond donors (Lipinski definition) is 2. The summed E-state index contributed by atoms with van der Waals surface area (Å²) in [6, 6.07) is 2.15. The van der Waals surface area contributed by atoms with E-state index in [-0.39, 0.29) is 23.7 Å². The number of rotatable bonds is 6. The van der Waals surface area contributed by atoms with Crippen molar-refractivity contribution in [3.05, 3.63) is 43.4 Å². The van der Waals surface area contributed by atoms with Crippen LogP contribution < -0.4 is 20.3 Å². The first-order valence-electron chi connectivity index (χ1n) is 11.5. The standard InChI is InChI=1S/C24H30Cl2N4O4S/c1-12-15(20(31)27-11-16-21(32)28-23(26)29-22(16)35-5)10-17(25)19-18(12)33-24(2,34-19)13-6-8-14(9-7-13)30(3)4/h10,13-14H,6-9,11H2,1-5H3,(H,27,31)(H,28,29,32)/t13?,14?,24-/m1/s1. The molecule has 2 aromatic rings. The zero-order valence-electron chi connectivity index (χ0n) is 20.5. The quantitative estimate of drug-likeness (QED) is 0.312. The van der Waals surface area contributed by atoms with Gasteiger partial charge < -0.3 is 19.7 Å². The predicted octanol–water partition coefficient (Wildman–Crippen LogP) is 4.64. The van der Waals surface area contributed by atoms with E-state index in [9.17, 15) is 9.59 Å². The van der Waals surface area contributed by atoms with Gasteiger partial charge in [0.1, 0.15) is 5.03 Å². The Morgan fingerprint density at radius 3 is 2.54 bits per heavy atom. The molecule has 2 N–H and O–H groups in total. The van der Waals surface area contributed by atoms with Crippen LogP contribution in [0.5, 0.6) is 11.5 Å². The first-order chi connectivity index (χ1) is 16.5. The lowest BCUT2D eigenvalue weighted by Crippen LogP contribution is -2.46. The number of thioether (sulfide) groups is 1. The molecule has 0 bridgehead atoms. The highest BCUT2D eigenvalue weighted by Crippen LogP contribution is 2.51. The largest absolute Gasteiger partial charge is 0.448 e. The number of nitrogens with zero attached hydrogens (tertiary/aromatic N) is 2. The molecule has 1 atom stereocenters. The topological polar surface area (TPSA) is 96.5 Å². The normalized spacial score (nSPS) is 23.5. The summed E-state index contributed by atoms with van der Waals surface area (Å²) in [7, 11) is 4.23. The van der Waals surface area contributed by atoms with Gasteiger partial charge in [0.05, 0.1) is 17.1 Å². The summed E-state index contributed by atoms with van der Waals surface area (Å²) in [6.45, 7) is 3.76. The predicted molar refractivity (Wildman–Crippen MR) is 138 cm³/mol. The molecule has 0 spiro atoms. The number of fused-ring (bicyclic) bond motifs is 1. The van der Waals surface area contributed by atoms with E-state index in [1.54, 1.807) is 12.3 Å². The summed E-state index contributed by atoms with van der Waals surface area (Å²) < 4.78 is 12.7. The van der Waals surface area contributed by atoms with Crippen LogP contribution in [0.15, 0.2) is 15.9 Å². The summed E-state index contributed by atoms with van der Waals surface area (Å²) in [5.41, 5.74) is 0.943. The van der Waals surface area contributed by atoms with Gasteiger partial charge in [0.2, 0.25) is 5.28 Å². The van der Waals surface area contributed by atoms with Crippen LogP contribution in [-0.2, 0) is 6.54 Å². The third-order valence-electron chi connectivity index (χ3n) is 7.03. The van der Waals surface area contributed by atoms with Crippen molar-refractivity contribution in [3.63, 3.8) is 0 Å². The Labute approximate surface area is 219 Å². The van der Waals surface area contributed by atoms with Crippen LogP contribution >= 0.6 is 35.0 Å². The van der Waals surface area contributed by atoms with Gasteiger partial charge in [0, 0.05) is 30.0 Å². The zero-order valence-corrected chi connectivity index (χ0v) is 22.8. The molecule has 1 aliphatic heterocycles. The van der Waals surface area contributed by atoms with Crippen LogP contribution in [0.3, 0.4) is 0 Å². The molecular formula is C24H30Cl2N4O4S. The van der Waals surface area contributed by atoms with Crippen LogP contribution in [0, 0.1) is 12.8 Å². The lowest BCUT2D eigenvalue weighted by molar-refractivity contribution is -0.123. The van der Waals surface area contributed by atoms with Crippen molar-refractivity contribution in [1.29, 1.82) is 0 Å². The first kappa shape index (κ1) is 26.1. The number of aromatic nitrogens is 2. The number of hydrogen-bond acceptors (Lipinski definition) is 7. The Balaban J connectivity index is 1.52. The molecule has 0 saturated heterocycles. The van der Waals surface area contributed by atoms with Crippen molar-refractivity contribution in [2.75, 3.05) is 20.4 Å². The van der Waals surface area contributed by atoms with Gasteiger partial charge in [-0.15, -0.1) is 11.8 Å². The molecule has 11 heteroatoms. The Kier molecular flexibility index (Phi) is 7.62. The summed E-state index contributed by atoms with van der Waals surface area (Å²) >= 11 is 13.7. The number of ether oxygens (including phenoxy) is 2. The molecular weight excluding hydrogens is 511 g/mol. The maximum Gasteiger partial charge on any atom is 0.257 e. The number of H-pyrrole nitrogens is 1. The maximum atomic E-state index is 13.1. The van der Waals surface area contributed by atoms with E-state index < -0.39 is 11.3 Å². The molecule has 2 aliphatic rings. The number of carbonyl (C=O) groups is 1. The van der Waals surface area contributed by atoms with Gasteiger partial charge in [0.25, 0.3) is 17.3 Å². The molecule has 0 unspecified atom stereocenters. The van der Waals surface area contributed by atoms with Crippen molar-refractivity contribution in [3.8, 4) is 11.5 Å². The van der Waals surface area contributed by atoms with E-state index in [0.29, 0.717) is 44.3 Å². The van der Waals surface area contributed by atoms with Crippen molar-refractivity contribution >= 4 is 40.9 Å². The number of nitrogens with one attached hydrogen (secondary N) is 2. The van der Waals surface area contributed by atoms with Crippen LogP contribution in [0.25, 0.3) is 0 Å². The van der Waals surface area contributed by atoms with Crippen molar-refractivity contribution in [2.45, 2.75) is 62.9 Å². The van der Waals surface area contributed by atoms with Crippen molar-refractivity contribution in [2.24, 2.45) is 5.92 Å². The minimum absolute atomic E-state index is 0.00562. The average molecular weight is 542 g/mol.